The molecule has 0 saturated carbocycles. The summed E-state index contributed by atoms with van der Waals surface area (Å²) in [4.78, 5) is 13.9. The van der Waals surface area contributed by atoms with Gasteiger partial charge in [0.2, 0.25) is 5.91 Å². The van der Waals surface area contributed by atoms with Crippen molar-refractivity contribution in [2.75, 3.05) is 19.6 Å². The standard InChI is InChI=1S/C11H18N2O/c1-2-3-4-11(14)13-6-5-9-7-12-8-10(9)13/h2,9-10,12H,1,3-8H2. The zero-order chi connectivity index (χ0) is 9.97. The molecule has 2 saturated heterocycles. The van der Waals surface area contributed by atoms with Crippen molar-refractivity contribution < 1.29 is 4.79 Å². The van der Waals surface area contributed by atoms with Gasteiger partial charge in [-0.25, -0.2) is 0 Å². The Morgan fingerprint density at radius 2 is 2.43 bits per heavy atom. The normalized spacial score (nSPS) is 30.4. The molecule has 1 N–H and O–H groups in total. The smallest absolute Gasteiger partial charge is 0.223 e. The molecule has 1 amide bonds. The fourth-order valence-corrected chi connectivity index (χ4v) is 2.53. The minimum Gasteiger partial charge on any atom is -0.338 e. The van der Waals surface area contributed by atoms with E-state index in [-0.39, 0.29) is 0 Å². The summed E-state index contributed by atoms with van der Waals surface area (Å²) < 4.78 is 0. The highest BCUT2D eigenvalue weighted by Crippen LogP contribution is 2.27. The number of hydrogen-bond donors (Lipinski definition) is 1. The Hall–Kier alpha value is -0.830. The van der Waals surface area contributed by atoms with E-state index >= 15 is 0 Å². The van der Waals surface area contributed by atoms with E-state index in [0.29, 0.717) is 24.3 Å². The number of allylic oxidation sites excluding steroid dienone is 1. The number of nitrogens with one attached hydrogen (secondary N) is 1. The molecular weight excluding hydrogens is 176 g/mol. The molecular formula is C11H18N2O. The Labute approximate surface area is 85.2 Å². The van der Waals surface area contributed by atoms with Gasteiger partial charge in [0.25, 0.3) is 0 Å². The van der Waals surface area contributed by atoms with Crippen LogP contribution in [0.2, 0.25) is 0 Å². The summed E-state index contributed by atoms with van der Waals surface area (Å²) in [6, 6.07) is 0.479. The summed E-state index contributed by atoms with van der Waals surface area (Å²) in [5, 5.41) is 3.35. The van der Waals surface area contributed by atoms with Crippen LogP contribution in [0.25, 0.3) is 0 Å². The molecule has 2 aliphatic heterocycles. The lowest BCUT2D eigenvalue weighted by Gasteiger charge is -2.23. The third kappa shape index (κ3) is 1.69. The van der Waals surface area contributed by atoms with Crippen LogP contribution in [0.3, 0.4) is 0 Å². The minimum absolute atomic E-state index is 0.307. The summed E-state index contributed by atoms with van der Waals surface area (Å²) in [7, 11) is 0. The number of amides is 1. The first kappa shape index (κ1) is 9.71. The van der Waals surface area contributed by atoms with Crippen LogP contribution in [0.1, 0.15) is 19.3 Å². The second kappa shape index (κ2) is 4.13. The van der Waals surface area contributed by atoms with Crippen LogP contribution in [0.15, 0.2) is 12.7 Å². The topological polar surface area (TPSA) is 32.3 Å². The molecule has 0 bridgehead atoms. The Morgan fingerprint density at radius 1 is 1.57 bits per heavy atom. The molecule has 0 aliphatic carbocycles. The van der Waals surface area contributed by atoms with Crippen molar-refractivity contribution in [3.8, 4) is 0 Å². The molecule has 0 radical (unpaired) electrons. The predicted molar refractivity (Wildman–Crippen MR) is 55.9 cm³/mol. The SMILES string of the molecule is C=CCCC(=O)N1CCC2CNCC21. The van der Waals surface area contributed by atoms with Crippen molar-refractivity contribution in [3.05, 3.63) is 12.7 Å². The van der Waals surface area contributed by atoms with Gasteiger partial charge in [0.15, 0.2) is 0 Å². The molecule has 78 valence electrons. The van der Waals surface area contributed by atoms with Crippen LogP contribution in [0.5, 0.6) is 0 Å². The molecule has 2 unspecified atom stereocenters. The van der Waals surface area contributed by atoms with Gasteiger partial charge in [0.1, 0.15) is 0 Å². The first-order valence-electron chi connectivity index (χ1n) is 5.44. The molecule has 0 aromatic heterocycles. The van der Waals surface area contributed by atoms with Crippen molar-refractivity contribution in [2.45, 2.75) is 25.3 Å². The molecule has 2 rings (SSSR count). The highest BCUT2D eigenvalue weighted by Gasteiger charge is 2.39. The van der Waals surface area contributed by atoms with Gasteiger partial charge in [0, 0.05) is 32.1 Å². The molecule has 2 fully saturated rings. The number of carbonyl (C=O) groups is 1. The highest BCUT2D eigenvalue weighted by atomic mass is 16.2. The predicted octanol–water partition coefficient (Wildman–Crippen LogP) is 0.773. The van der Waals surface area contributed by atoms with Gasteiger partial charge in [-0.1, -0.05) is 6.08 Å². The van der Waals surface area contributed by atoms with E-state index < -0.39 is 0 Å². The molecule has 2 atom stereocenters. The summed E-state index contributed by atoms with van der Waals surface area (Å²) in [5.74, 6) is 1.02. The van der Waals surface area contributed by atoms with Gasteiger partial charge in [-0.2, -0.15) is 0 Å². The van der Waals surface area contributed by atoms with E-state index in [1.165, 1.54) is 6.42 Å². The fourth-order valence-electron chi connectivity index (χ4n) is 2.53. The van der Waals surface area contributed by atoms with Crippen LogP contribution in [0, 0.1) is 5.92 Å². The van der Waals surface area contributed by atoms with Crippen molar-refractivity contribution >= 4 is 5.91 Å². The van der Waals surface area contributed by atoms with Crippen molar-refractivity contribution in [1.29, 1.82) is 0 Å². The largest absolute Gasteiger partial charge is 0.338 e. The molecule has 0 aromatic rings. The quantitative estimate of drug-likeness (QED) is 0.673. The van der Waals surface area contributed by atoms with E-state index in [0.717, 1.165) is 26.1 Å². The third-order valence-electron chi connectivity index (χ3n) is 3.33. The van der Waals surface area contributed by atoms with Gasteiger partial charge >= 0.3 is 0 Å². The summed E-state index contributed by atoms with van der Waals surface area (Å²) in [5.41, 5.74) is 0. The van der Waals surface area contributed by atoms with Crippen LogP contribution in [0.4, 0.5) is 0 Å². The Morgan fingerprint density at radius 3 is 3.21 bits per heavy atom. The fraction of sp³-hybridized carbons (Fsp3) is 0.727. The summed E-state index contributed by atoms with van der Waals surface area (Å²) >= 11 is 0. The number of hydrogen-bond acceptors (Lipinski definition) is 2. The van der Waals surface area contributed by atoms with E-state index in [9.17, 15) is 4.79 Å². The molecule has 3 heteroatoms. The molecule has 0 aromatic carbocycles. The molecule has 3 nitrogen and oxygen atoms in total. The monoisotopic (exact) mass is 194 g/mol. The average molecular weight is 194 g/mol. The summed E-state index contributed by atoms with van der Waals surface area (Å²) in [6.07, 6.45) is 4.43. The van der Waals surface area contributed by atoms with Gasteiger partial charge in [-0.15, -0.1) is 6.58 Å². The number of fused-ring (bicyclic) bond motifs is 1. The van der Waals surface area contributed by atoms with Crippen LogP contribution in [-0.4, -0.2) is 36.5 Å². The number of likely N-dealkylation sites (tertiary alicyclic amines) is 1. The van der Waals surface area contributed by atoms with E-state index in [1.807, 2.05) is 6.08 Å². The Bertz CT molecular complexity index is 239. The highest BCUT2D eigenvalue weighted by molar-refractivity contribution is 5.77. The second-order valence-corrected chi connectivity index (χ2v) is 4.19. The second-order valence-electron chi connectivity index (χ2n) is 4.19. The summed E-state index contributed by atoms with van der Waals surface area (Å²) in [6.45, 7) is 6.69. The van der Waals surface area contributed by atoms with E-state index in [2.05, 4.69) is 16.8 Å². The number of nitrogens with zero attached hydrogens (tertiary/aromatic N) is 1. The number of rotatable bonds is 3. The molecule has 14 heavy (non-hydrogen) atoms. The number of carbonyl (C=O) groups excluding carboxylic acids is 1. The lowest BCUT2D eigenvalue weighted by atomic mass is 10.1. The maximum atomic E-state index is 11.8. The van der Waals surface area contributed by atoms with Gasteiger partial charge in [0.05, 0.1) is 0 Å². The minimum atomic E-state index is 0.307. The van der Waals surface area contributed by atoms with Crippen LogP contribution in [-0.2, 0) is 4.79 Å². The van der Waals surface area contributed by atoms with Crippen LogP contribution < -0.4 is 5.32 Å². The molecule has 0 spiro atoms. The maximum absolute atomic E-state index is 11.8. The zero-order valence-corrected chi connectivity index (χ0v) is 8.54. The zero-order valence-electron chi connectivity index (χ0n) is 8.54. The Kier molecular flexibility index (Phi) is 2.87. The lowest BCUT2D eigenvalue weighted by Crippen LogP contribution is -2.38. The van der Waals surface area contributed by atoms with Crippen molar-refractivity contribution in [2.24, 2.45) is 5.92 Å². The van der Waals surface area contributed by atoms with Gasteiger partial charge in [-0.3, -0.25) is 4.79 Å². The van der Waals surface area contributed by atoms with Gasteiger partial charge in [-0.05, 0) is 18.8 Å². The van der Waals surface area contributed by atoms with E-state index in [1.54, 1.807) is 0 Å². The first-order chi connectivity index (χ1) is 6.83. The first-order valence-corrected chi connectivity index (χ1v) is 5.44. The van der Waals surface area contributed by atoms with E-state index in [4.69, 9.17) is 0 Å². The van der Waals surface area contributed by atoms with Crippen molar-refractivity contribution in [3.63, 3.8) is 0 Å². The van der Waals surface area contributed by atoms with Crippen molar-refractivity contribution in [1.82, 2.24) is 10.2 Å². The van der Waals surface area contributed by atoms with Gasteiger partial charge < -0.3 is 10.2 Å². The average Bonchev–Trinajstić information content (AvgIpc) is 2.74. The molecule has 2 heterocycles. The lowest BCUT2D eigenvalue weighted by molar-refractivity contribution is -0.131. The van der Waals surface area contributed by atoms with Crippen LogP contribution >= 0.6 is 0 Å². The molecule has 2 aliphatic rings. The Balaban J connectivity index is 1.91. The maximum Gasteiger partial charge on any atom is 0.223 e. The third-order valence-corrected chi connectivity index (χ3v) is 3.33.